The van der Waals surface area contributed by atoms with Crippen molar-refractivity contribution in [1.82, 2.24) is 5.32 Å². The minimum Gasteiger partial charge on any atom is -0.382 e. The maximum absolute atomic E-state index is 10.0. The van der Waals surface area contributed by atoms with E-state index in [1.54, 1.807) is 0 Å². The van der Waals surface area contributed by atoms with E-state index in [0.29, 0.717) is 13.1 Å². The Morgan fingerprint density at radius 1 is 1.46 bits per heavy atom. The van der Waals surface area contributed by atoms with Gasteiger partial charge in [-0.25, -0.2) is 0 Å². The molecule has 0 radical (unpaired) electrons. The molecule has 0 aliphatic carbocycles. The van der Waals surface area contributed by atoms with Crippen LogP contribution in [0.4, 0.5) is 0 Å². The van der Waals surface area contributed by atoms with Gasteiger partial charge in [0.2, 0.25) is 0 Å². The molecule has 0 unspecified atom stereocenters. The summed E-state index contributed by atoms with van der Waals surface area (Å²) in [6.45, 7) is 3.49. The van der Waals surface area contributed by atoms with E-state index in [0.717, 1.165) is 12.0 Å². The van der Waals surface area contributed by atoms with E-state index in [4.69, 9.17) is 0 Å². The summed E-state index contributed by atoms with van der Waals surface area (Å²) < 4.78 is 0. The molecule has 2 heteroatoms. The molecule has 1 saturated heterocycles. The van der Waals surface area contributed by atoms with Gasteiger partial charge in [0.25, 0.3) is 0 Å². The van der Waals surface area contributed by atoms with Crippen LogP contribution in [0, 0.1) is 0 Å². The predicted octanol–water partition coefficient (Wildman–Crippen LogP) is 1.04. The van der Waals surface area contributed by atoms with Crippen molar-refractivity contribution in [3.8, 4) is 0 Å². The van der Waals surface area contributed by atoms with Gasteiger partial charge in [0, 0.05) is 13.1 Å². The second-order valence-corrected chi connectivity index (χ2v) is 3.69. The first-order valence-electron chi connectivity index (χ1n) is 4.77. The summed E-state index contributed by atoms with van der Waals surface area (Å²) in [4.78, 5) is 0. The molecule has 2 N–H and O–H groups in total. The van der Waals surface area contributed by atoms with Crippen molar-refractivity contribution >= 4 is 0 Å². The molecule has 13 heavy (non-hydrogen) atoms. The van der Waals surface area contributed by atoms with Gasteiger partial charge in [0.15, 0.2) is 0 Å². The minimum atomic E-state index is -0.606. The maximum atomic E-state index is 10.0. The van der Waals surface area contributed by atoms with E-state index >= 15 is 0 Å². The van der Waals surface area contributed by atoms with Crippen molar-refractivity contribution < 1.29 is 5.11 Å². The number of aryl methyl sites for hydroxylation is 1. The molecule has 1 aliphatic heterocycles. The number of rotatable bonds is 2. The number of hydrogen-bond donors (Lipinski definition) is 2. The fourth-order valence-electron chi connectivity index (χ4n) is 1.65. The highest BCUT2D eigenvalue weighted by Gasteiger charge is 2.35. The van der Waals surface area contributed by atoms with Crippen LogP contribution in [0.3, 0.4) is 0 Å². The van der Waals surface area contributed by atoms with Crippen LogP contribution in [0.25, 0.3) is 0 Å². The molecule has 1 aromatic rings. The van der Waals surface area contributed by atoms with Crippen LogP contribution < -0.4 is 5.32 Å². The molecule has 0 spiro atoms. The van der Waals surface area contributed by atoms with Crippen molar-refractivity contribution in [1.29, 1.82) is 0 Å². The third-order valence-corrected chi connectivity index (χ3v) is 2.71. The third-order valence-electron chi connectivity index (χ3n) is 2.71. The Kier molecular flexibility index (Phi) is 2.10. The molecule has 0 aromatic heterocycles. The van der Waals surface area contributed by atoms with Crippen LogP contribution in [0.2, 0.25) is 0 Å². The number of β-amino-alcohol motifs (C(OH)–C–C–N with tert-alkyl or cyclic N) is 1. The number of hydrogen-bond acceptors (Lipinski definition) is 2. The smallest absolute Gasteiger partial charge is 0.114 e. The Labute approximate surface area is 78.6 Å². The van der Waals surface area contributed by atoms with Crippen LogP contribution >= 0.6 is 0 Å². The maximum Gasteiger partial charge on any atom is 0.114 e. The average molecular weight is 177 g/mol. The SMILES string of the molecule is CCc1cccc(C2(O)CNC2)c1. The van der Waals surface area contributed by atoms with E-state index in [1.807, 2.05) is 12.1 Å². The van der Waals surface area contributed by atoms with E-state index in [1.165, 1.54) is 5.56 Å². The Balaban J connectivity index is 2.29. The molecular weight excluding hydrogens is 162 g/mol. The van der Waals surface area contributed by atoms with Gasteiger partial charge >= 0.3 is 0 Å². The minimum absolute atomic E-state index is 0.606. The molecular formula is C11H15NO. The molecule has 0 saturated carbocycles. The molecule has 1 heterocycles. The van der Waals surface area contributed by atoms with Crippen LogP contribution in [-0.4, -0.2) is 18.2 Å². The van der Waals surface area contributed by atoms with Crippen molar-refractivity contribution in [2.45, 2.75) is 18.9 Å². The first-order chi connectivity index (χ1) is 6.24. The van der Waals surface area contributed by atoms with Crippen molar-refractivity contribution in [3.63, 3.8) is 0 Å². The molecule has 70 valence electrons. The Morgan fingerprint density at radius 2 is 2.23 bits per heavy atom. The molecule has 0 bridgehead atoms. The Bertz CT molecular complexity index is 305. The molecule has 0 atom stereocenters. The summed E-state index contributed by atoms with van der Waals surface area (Å²) in [6, 6.07) is 8.21. The first kappa shape index (κ1) is 8.73. The summed E-state index contributed by atoms with van der Waals surface area (Å²) in [7, 11) is 0. The van der Waals surface area contributed by atoms with Gasteiger partial charge in [-0.05, 0) is 17.5 Å². The zero-order valence-corrected chi connectivity index (χ0v) is 7.88. The quantitative estimate of drug-likeness (QED) is 0.707. The number of nitrogens with one attached hydrogen (secondary N) is 1. The molecule has 2 nitrogen and oxygen atoms in total. The van der Waals surface area contributed by atoms with E-state index in [-0.39, 0.29) is 0 Å². The van der Waals surface area contributed by atoms with Crippen molar-refractivity contribution in [2.75, 3.05) is 13.1 Å². The van der Waals surface area contributed by atoms with Gasteiger partial charge in [-0.2, -0.15) is 0 Å². The van der Waals surface area contributed by atoms with Gasteiger partial charge in [0.05, 0.1) is 0 Å². The van der Waals surface area contributed by atoms with E-state index in [2.05, 4.69) is 24.4 Å². The summed E-state index contributed by atoms with van der Waals surface area (Å²) in [5.74, 6) is 0. The summed E-state index contributed by atoms with van der Waals surface area (Å²) >= 11 is 0. The molecule has 2 rings (SSSR count). The normalized spacial score (nSPS) is 19.5. The topological polar surface area (TPSA) is 32.3 Å². The molecule has 0 amide bonds. The van der Waals surface area contributed by atoms with Crippen LogP contribution in [-0.2, 0) is 12.0 Å². The largest absolute Gasteiger partial charge is 0.382 e. The lowest BCUT2D eigenvalue weighted by Crippen LogP contribution is -2.56. The van der Waals surface area contributed by atoms with Crippen molar-refractivity contribution in [3.05, 3.63) is 35.4 Å². The standard InChI is InChI=1S/C11H15NO/c1-2-9-4-3-5-10(6-9)11(13)7-12-8-11/h3-6,12-13H,2,7-8H2,1H3. The van der Waals surface area contributed by atoms with Gasteiger partial charge in [-0.15, -0.1) is 0 Å². The Morgan fingerprint density at radius 3 is 2.77 bits per heavy atom. The van der Waals surface area contributed by atoms with Gasteiger partial charge in [-0.1, -0.05) is 31.2 Å². The lowest BCUT2D eigenvalue weighted by atomic mass is 9.87. The highest BCUT2D eigenvalue weighted by atomic mass is 16.3. The highest BCUT2D eigenvalue weighted by molar-refractivity contribution is 5.30. The van der Waals surface area contributed by atoms with Gasteiger partial charge in [0.1, 0.15) is 5.60 Å². The van der Waals surface area contributed by atoms with Crippen LogP contribution in [0.15, 0.2) is 24.3 Å². The van der Waals surface area contributed by atoms with Crippen molar-refractivity contribution in [2.24, 2.45) is 0 Å². The summed E-state index contributed by atoms with van der Waals surface area (Å²) in [6.07, 6.45) is 1.03. The highest BCUT2D eigenvalue weighted by Crippen LogP contribution is 2.25. The fraction of sp³-hybridized carbons (Fsp3) is 0.455. The lowest BCUT2D eigenvalue weighted by molar-refractivity contribution is -0.0147. The van der Waals surface area contributed by atoms with E-state index in [9.17, 15) is 5.11 Å². The monoisotopic (exact) mass is 177 g/mol. The fourth-order valence-corrected chi connectivity index (χ4v) is 1.65. The second-order valence-electron chi connectivity index (χ2n) is 3.69. The predicted molar refractivity (Wildman–Crippen MR) is 52.6 cm³/mol. The van der Waals surface area contributed by atoms with Gasteiger partial charge in [-0.3, -0.25) is 0 Å². The first-order valence-corrected chi connectivity index (χ1v) is 4.77. The molecule has 1 fully saturated rings. The van der Waals surface area contributed by atoms with Gasteiger partial charge < -0.3 is 10.4 Å². The lowest BCUT2D eigenvalue weighted by Gasteiger charge is -2.38. The summed E-state index contributed by atoms with van der Waals surface area (Å²) in [5.41, 5.74) is 1.73. The Hall–Kier alpha value is -0.860. The van der Waals surface area contributed by atoms with Crippen LogP contribution in [0.1, 0.15) is 18.1 Å². The third kappa shape index (κ3) is 1.47. The number of benzene rings is 1. The molecule has 1 aliphatic rings. The second kappa shape index (κ2) is 3.13. The van der Waals surface area contributed by atoms with Crippen LogP contribution in [0.5, 0.6) is 0 Å². The zero-order valence-electron chi connectivity index (χ0n) is 7.88. The summed E-state index contributed by atoms with van der Waals surface area (Å²) in [5, 5.41) is 13.1. The van der Waals surface area contributed by atoms with E-state index < -0.39 is 5.60 Å². The zero-order chi connectivity index (χ0) is 9.31. The molecule has 1 aromatic carbocycles. The number of aliphatic hydroxyl groups is 1. The average Bonchev–Trinajstić information content (AvgIpc) is 2.14.